The number of aliphatic imine (C=N–C) groups is 1. The summed E-state index contributed by atoms with van der Waals surface area (Å²) in [7, 11) is 1.64. The Morgan fingerprint density at radius 2 is 1.71 bits per heavy atom. The highest BCUT2D eigenvalue weighted by Crippen LogP contribution is 2.05. The van der Waals surface area contributed by atoms with Crippen molar-refractivity contribution in [2.75, 3.05) is 53.1 Å². The molecule has 0 spiro atoms. The maximum absolute atomic E-state index is 11.5. The minimum atomic E-state index is -0.489. The third-order valence-electron chi connectivity index (χ3n) is 2.37. The number of carbonyl (C=O) groups is 1. The molecule has 0 aromatic carbocycles. The molecule has 0 atom stereocenters. The van der Waals surface area contributed by atoms with E-state index in [1.54, 1.807) is 7.11 Å². The minimum Gasteiger partial charge on any atom is -0.444 e. The van der Waals surface area contributed by atoms with E-state index in [9.17, 15) is 4.79 Å². The first kappa shape index (κ1) is 25.4. The van der Waals surface area contributed by atoms with Gasteiger partial charge in [0.15, 0.2) is 5.96 Å². The van der Waals surface area contributed by atoms with E-state index in [-0.39, 0.29) is 24.0 Å². The Balaban J connectivity index is 0. The van der Waals surface area contributed by atoms with Gasteiger partial charge in [-0.05, 0) is 27.7 Å². The highest BCUT2D eigenvalue weighted by atomic mass is 127. The SMILES string of the molecule is CCNC(=NCCOCCOC)NCCNC(=O)OC(C)(C)C.I. The van der Waals surface area contributed by atoms with Crippen molar-refractivity contribution < 1.29 is 19.0 Å². The molecule has 3 N–H and O–H groups in total. The normalized spacial score (nSPS) is 11.5. The van der Waals surface area contributed by atoms with Crippen molar-refractivity contribution in [1.29, 1.82) is 0 Å². The zero-order valence-corrected chi connectivity index (χ0v) is 17.8. The predicted octanol–water partition coefficient (Wildman–Crippen LogP) is 1.35. The number of hydrogen-bond acceptors (Lipinski definition) is 5. The number of amides is 1. The van der Waals surface area contributed by atoms with Crippen molar-refractivity contribution >= 4 is 36.0 Å². The van der Waals surface area contributed by atoms with Crippen LogP contribution < -0.4 is 16.0 Å². The van der Waals surface area contributed by atoms with E-state index in [4.69, 9.17) is 14.2 Å². The number of carbonyl (C=O) groups excluding carboxylic acids is 1. The van der Waals surface area contributed by atoms with E-state index >= 15 is 0 Å². The van der Waals surface area contributed by atoms with Crippen LogP contribution in [0.2, 0.25) is 0 Å². The van der Waals surface area contributed by atoms with Crippen molar-refractivity contribution in [3.63, 3.8) is 0 Å². The molecule has 24 heavy (non-hydrogen) atoms. The molecule has 9 heteroatoms. The molecule has 0 aliphatic carbocycles. The molecular weight excluding hydrogens is 427 g/mol. The van der Waals surface area contributed by atoms with Gasteiger partial charge in [0.05, 0.1) is 26.4 Å². The van der Waals surface area contributed by atoms with Crippen LogP contribution >= 0.6 is 24.0 Å². The summed E-state index contributed by atoms with van der Waals surface area (Å²) in [6.45, 7) is 11.5. The molecule has 0 rings (SSSR count). The van der Waals surface area contributed by atoms with E-state index in [1.807, 2.05) is 27.7 Å². The van der Waals surface area contributed by atoms with Crippen LogP contribution in [-0.4, -0.2) is 70.8 Å². The minimum absolute atomic E-state index is 0. The molecule has 8 nitrogen and oxygen atoms in total. The lowest BCUT2D eigenvalue weighted by Gasteiger charge is -2.19. The standard InChI is InChI=1S/C15H32N4O4.HI/c1-6-16-13(18-9-10-22-12-11-21-5)17-7-8-19-14(20)23-15(2,3)4;/h6-12H2,1-5H3,(H,19,20)(H2,16,17,18);1H. The van der Waals surface area contributed by atoms with Crippen LogP contribution in [0.1, 0.15) is 27.7 Å². The fourth-order valence-corrected chi connectivity index (χ4v) is 1.47. The lowest BCUT2D eigenvalue weighted by molar-refractivity contribution is 0.0529. The number of nitrogens with one attached hydrogen (secondary N) is 3. The predicted molar refractivity (Wildman–Crippen MR) is 106 cm³/mol. The van der Waals surface area contributed by atoms with Crippen LogP contribution in [0.25, 0.3) is 0 Å². The van der Waals surface area contributed by atoms with E-state index in [0.717, 1.165) is 6.54 Å². The van der Waals surface area contributed by atoms with Gasteiger partial charge in [-0.1, -0.05) is 0 Å². The van der Waals surface area contributed by atoms with Gasteiger partial charge in [-0.2, -0.15) is 0 Å². The second kappa shape index (κ2) is 15.7. The molecule has 0 aliphatic rings. The molecule has 0 radical (unpaired) electrons. The summed E-state index contributed by atoms with van der Waals surface area (Å²) in [5.74, 6) is 0.689. The van der Waals surface area contributed by atoms with E-state index in [0.29, 0.717) is 45.4 Å². The summed E-state index contributed by atoms with van der Waals surface area (Å²) >= 11 is 0. The summed E-state index contributed by atoms with van der Waals surface area (Å²) in [6, 6.07) is 0. The fraction of sp³-hybridized carbons (Fsp3) is 0.867. The quantitative estimate of drug-likeness (QED) is 0.197. The first-order valence-corrected chi connectivity index (χ1v) is 7.94. The van der Waals surface area contributed by atoms with Gasteiger partial charge in [0.25, 0.3) is 0 Å². The monoisotopic (exact) mass is 460 g/mol. The van der Waals surface area contributed by atoms with Gasteiger partial charge in [0.1, 0.15) is 5.60 Å². The summed E-state index contributed by atoms with van der Waals surface area (Å²) in [5, 5.41) is 8.94. The average Bonchev–Trinajstić information content (AvgIpc) is 2.45. The Bertz CT molecular complexity index is 349. The molecule has 0 saturated carbocycles. The van der Waals surface area contributed by atoms with Gasteiger partial charge in [-0.15, -0.1) is 24.0 Å². The lowest BCUT2D eigenvalue weighted by atomic mass is 10.2. The summed E-state index contributed by atoms with van der Waals surface area (Å²) in [4.78, 5) is 15.9. The third-order valence-corrected chi connectivity index (χ3v) is 2.37. The topological polar surface area (TPSA) is 93.2 Å². The summed E-state index contributed by atoms with van der Waals surface area (Å²) in [6.07, 6.45) is -0.423. The van der Waals surface area contributed by atoms with Crippen LogP contribution in [0, 0.1) is 0 Å². The van der Waals surface area contributed by atoms with Gasteiger partial charge >= 0.3 is 6.09 Å². The number of methoxy groups -OCH3 is 1. The Morgan fingerprint density at radius 1 is 1.04 bits per heavy atom. The summed E-state index contributed by atoms with van der Waals surface area (Å²) < 4.78 is 15.4. The Morgan fingerprint density at radius 3 is 2.29 bits per heavy atom. The highest BCUT2D eigenvalue weighted by Gasteiger charge is 2.15. The molecule has 0 bridgehead atoms. The number of nitrogens with zero attached hydrogens (tertiary/aromatic N) is 1. The number of guanidine groups is 1. The van der Waals surface area contributed by atoms with Crippen LogP contribution in [0.15, 0.2) is 4.99 Å². The van der Waals surface area contributed by atoms with Crippen LogP contribution in [0.5, 0.6) is 0 Å². The first-order chi connectivity index (χ1) is 10.9. The van der Waals surface area contributed by atoms with Gasteiger partial charge in [-0.3, -0.25) is 4.99 Å². The number of halogens is 1. The van der Waals surface area contributed by atoms with Crippen LogP contribution in [-0.2, 0) is 14.2 Å². The Kier molecular flexibility index (Phi) is 16.6. The third kappa shape index (κ3) is 17.5. The van der Waals surface area contributed by atoms with Crippen LogP contribution in [0.3, 0.4) is 0 Å². The fourth-order valence-electron chi connectivity index (χ4n) is 1.47. The number of alkyl carbamates (subject to hydrolysis) is 1. The Hall–Kier alpha value is -0.810. The molecule has 0 aromatic heterocycles. The van der Waals surface area contributed by atoms with E-state index in [1.165, 1.54) is 0 Å². The van der Waals surface area contributed by atoms with Crippen molar-refractivity contribution in [2.45, 2.75) is 33.3 Å². The van der Waals surface area contributed by atoms with Gasteiger partial charge in [0, 0.05) is 26.7 Å². The van der Waals surface area contributed by atoms with Gasteiger partial charge in [-0.25, -0.2) is 4.79 Å². The largest absolute Gasteiger partial charge is 0.444 e. The molecule has 1 amide bonds. The van der Waals surface area contributed by atoms with E-state index < -0.39 is 11.7 Å². The van der Waals surface area contributed by atoms with Crippen molar-refractivity contribution in [3.05, 3.63) is 0 Å². The zero-order chi connectivity index (χ0) is 17.6. The van der Waals surface area contributed by atoms with E-state index in [2.05, 4.69) is 20.9 Å². The van der Waals surface area contributed by atoms with Crippen LogP contribution in [0.4, 0.5) is 4.79 Å². The highest BCUT2D eigenvalue weighted by molar-refractivity contribution is 14.0. The number of ether oxygens (including phenoxy) is 3. The van der Waals surface area contributed by atoms with Crippen molar-refractivity contribution in [2.24, 2.45) is 4.99 Å². The van der Waals surface area contributed by atoms with Crippen molar-refractivity contribution in [1.82, 2.24) is 16.0 Å². The second-order valence-corrected chi connectivity index (χ2v) is 5.72. The number of hydrogen-bond donors (Lipinski definition) is 3. The van der Waals surface area contributed by atoms with Gasteiger partial charge < -0.3 is 30.2 Å². The second-order valence-electron chi connectivity index (χ2n) is 5.72. The molecule has 0 unspecified atom stereocenters. The molecular formula is C15H33IN4O4. The molecule has 0 aromatic rings. The Labute approximate surface area is 162 Å². The average molecular weight is 460 g/mol. The molecule has 144 valence electrons. The molecule has 0 heterocycles. The lowest BCUT2D eigenvalue weighted by Crippen LogP contribution is -2.42. The van der Waals surface area contributed by atoms with Crippen molar-refractivity contribution in [3.8, 4) is 0 Å². The number of rotatable bonds is 10. The molecule has 0 fully saturated rings. The van der Waals surface area contributed by atoms with Gasteiger partial charge in [0.2, 0.25) is 0 Å². The zero-order valence-electron chi connectivity index (χ0n) is 15.4. The molecule has 0 aliphatic heterocycles. The maximum Gasteiger partial charge on any atom is 0.407 e. The first-order valence-electron chi connectivity index (χ1n) is 7.94. The maximum atomic E-state index is 11.5. The smallest absolute Gasteiger partial charge is 0.407 e. The molecule has 0 saturated heterocycles. The summed E-state index contributed by atoms with van der Waals surface area (Å²) in [5.41, 5.74) is -0.489.